The second-order valence-electron chi connectivity index (χ2n) is 4.44. The number of carbonyl (C=O) groups excluding carboxylic acids is 1. The molecule has 18 heavy (non-hydrogen) atoms. The van der Waals surface area contributed by atoms with Gasteiger partial charge in [-0.2, -0.15) is 0 Å². The van der Waals surface area contributed by atoms with E-state index in [0.717, 1.165) is 16.8 Å². The highest BCUT2D eigenvalue weighted by molar-refractivity contribution is 5.90. The molecule has 0 spiro atoms. The van der Waals surface area contributed by atoms with Gasteiger partial charge in [-0.25, -0.2) is 4.79 Å². The van der Waals surface area contributed by atoms with Crippen molar-refractivity contribution in [1.82, 2.24) is 0 Å². The fourth-order valence-corrected chi connectivity index (χ4v) is 2.28. The van der Waals surface area contributed by atoms with Crippen LogP contribution in [0.3, 0.4) is 0 Å². The number of hydrogen-bond donors (Lipinski definition) is 1. The average molecular weight is 247 g/mol. The Morgan fingerprint density at radius 2 is 2.33 bits per heavy atom. The summed E-state index contributed by atoms with van der Waals surface area (Å²) in [6, 6.07) is 5.41. The van der Waals surface area contributed by atoms with Crippen LogP contribution in [0.4, 0.5) is 10.5 Å². The van der Waals surface area contributed by atoms with E-state index >= 15 is 0 Å². The summed E-state index contributed by atoms with van der Waals surface area (Å²) in [5, 5.41) is 10.0. The van der Waals surface area contributed by atoms with Gasteiger partial charge in [0.1, 0.15) is 0 Å². The monoisotopic (exact) mass is 247 g/mol. The van der Waals surface area contributed by atoms with Crippen LogP contribution < -0.4 is 4.90 Å². The Labute approximate surface area is 106 Å². The van der Waals surface area contributed by atoms with Crippen molar-refractivity contribution in [3.63, 3.8) is 0 Å². The first-order valence-corrected chi connectivity index (χ1v) is 5.89. The third-order valence-corrected chi connectivity index (χ3v) is 3.36. The number of aliphatic hydroxyl groups is 1. The molecule has 4 nitrogen and oxygen atoms in total. The largest absolute Gasteiger partial charge is 0.452 e. The molecule has 1 heterocycles. The summed E-state index contributed by atoms with van der Waals surface area (Å²) in [6.45, 7) is 5.53. The number of aliphatic hydroxyl groups excluding tert-OH is 1. The Bertz CT molecular complexity index is 484. The first kappa shape index (κ1) is 12.6. The lowest BCUT2D eigenvalue weighted by atomic mass is 9.93. The van der Waals surface area contributed by atoms with Crippen molar-refractivity contribution < 1.29 is 14.6 Å². The van der Waals surface area contributed by atoms with Gasteiger partial charge >= 0.3 is 6.09 Å². The van der Waals surface area contributed by atoms with Crippen molar-refractivity contribution in [3.05, 3.63) is 35.9 Å². The number of rotatable bonds is 1. The Balaban J connectivity index is 2.50. The van der Waals surface area contributed by atoms with Crippen LogP contribution in [-0.4, -0.2) is 30.5 Å². The number of ether oxygens (including phenoxy) is 1. The average Bonchev–Trinajstić information content (AvgIpc) is 2.39. The predicted octanol–water partition coefficient (Wildman–Crippen LogP) is 2.21. The van der Waals surface area contributed by atoms with Crippen molar-refractivity contribution in [2.24, 2.45) is 0 Å². The summed E-state index contributed by atoms with van der Waals surface area (Å²) in [5.41, 5.74) is 2.70. The molecule has 2 atom stereocenters. The lowest BCUT2D eigenvalue weighted by molar-refractivity contribution is 0.128. The first-order valence-electron chi connectivity index (χ1n) is 5.89. The second kappa shape index (κ2) is 4.82. The van der Waals surface area contributed by atoms with Crippen LogP contribution in [0.5, 0.6) is 0 Å². The van der Waals surface area contributed by atoms with Crippen molar-refractivity contribution in [2.45, 2.75) is 25.5 Å². The van der Waals surface area contributed by atoms with E-state index in [1.54, 1.807) is 6.08 Å². The highest BCUT2D eigenvalue weighted by Gasteiger charge is 2.34. The number of carbonyl (C=O) groups is 1. The number of amides is 1. The molecule has 0 aliphatic carbocycles. The molecule has 0 fully saturated rings. The number of benzene rings is 1. The van der Waals surface area contributed by atoms with Gasteiger partial charge in [-0.15, -0.1) is 0 Å². The summed E-state index contributed by atoms with van der Waals surface area (Å²) >= 11 is 0. The number of methoxy groups -OCH3 is 1. The van der Waals surface area contributed by atoms with Crippen molar-refractivity contribution in [1.29, 1.82) is 0 Å². The summed E-state index contributed by atoms with van der Waals surface area (Å²) in [7, 11) is 1.34. The molecule has 0 aromatic heterocycles. The van der Waals surface area contributed by atoms with Crippen molar-refractivity contribution in [2.75, 3.05) is 12.0 Å². The molecule has 1 aliphatic heterocycles. The molecule has 0 radical (unpaired) electrons. The molecule has 1 aliphatic rings. The molecule has 1 amide bonds. The van der Waals surface area contributed by atoms with Gasteiger partial charge in [-0.3, -0.25) is 4.90 Å². The van der Waals surface area contributed by atoms with E-state index in [1.165, 1.54) is 12.0 Å². The second-order valence-corrected chi connectivity index (χ2v) is 4.44. The molecule has 0 saturated heterocycles. The maximum atomic E-state index is 11.8. The van der Waals surface area contributed by atoms with Crippen LogP contribution in [0.15, 0.2) is 24.8 Å². The normalized spacial score (nSPS) is 22.3. The van der Waals surface area contributed by atoms with Gasteiger partial charge < -0.3 is 9.84 Å². The molecule has 0 unspecified atom stereocenters. The minimum Gasteiger partial charge on any atom is -0.452 e. The zero-order valence-corrected chi connectivity index (χ0v) is 10.6. The van der Waals surface area contributed by atoms with Gasteiger partial charge in [-0.05, 0) is 30.2 Å². The molecule has 1 aromatic carbocycles. The summed E-state index contributed by atoms with van der Waals surface area (Å²) < 4.78 is 4.78. The van der Waals surface area contributed by atoms with E-state index in [0.29, 0.717) is 6.42 Å². The standard InChI is InChI=1S/C14H17NO3/c1-4-10-5-6-12-11(7-10)8-13(16)9(2)15(12)14(17)18-3/h4-7,9,13,16H,1,8H2,2-3H3/t9-,13+/m0/s1. The van der Waals surface area contributed by atoms with Crippen LogP contribution in [0.2, 0.25) is 0 Å². The molecule has 1 aromatic rings. The maximum absolute atomic E-state index is 11.8. The maximum Gasteiger partial charge on any atom is 0.414 e. The molecule has 96 valence electrons. The lowest BCUT2D eigenvalue weighted by Crippen LogP contribution is -2.49. The SMILES string of the molecule is C=Cc1ccc2c(c1)C[C@@H](O)[C@H](C)N2C(=O)OC. The lowest BCUT2D eigenvalue weighted by Gasteiger charge is -2.37. The zero-order chi connectivity index (χ0) is 13.3. The Kier molecular flexibility index (Phi) is 3.39. The Hall–Kier alpha value is -1.81. The summed E-state index contributed by atoms with van der Waals surface area (Å²) in [6.07, 6.45) is 1.24. The number of anilines is 1. The quantitative estimate of drug-likeness (QED) is 0.827. The molecular formula is C14H17NO3. The van der Waals surface area contributed by atoms with Crippen LogP contribution in [0, 0.1) is 0 Å². The smallest absolute Gasteiger partial charge is 0.414 e. The highest BCUT2D eigenvalue weighted by atomic mass is 16.5. The third kappa shape index (κ3) is 1.99. The minimum atomic E-state index is -0.586. The molecule has 4 heteroatoms. The molecule has 0 saturated carbocycles. The van der Waals surface area contributed by atoms with Crippen molar-refractivity contribution >= 4 is 17.9 Å². The van der Waals surface area contributed by atoms with Gasteiger partial charge in [0.05, 0.1) is 24.9 Å². The van der Waals surface area contributed by atoms with E-state index in [1.807, 2.05) is 25.1 Å². The summed E-state index contributed by atoms with van der Waals surface area (Å²) in [5.74, 6) is 0. The van der Waals surface area contributed by atoms with E-state index in [-0.39, 0.29) is 6.04 Å². The van der Waals surface area contributed by atoms with E-state index < -0.39 is 12.2 Å². The van der Waals surface area contributed by atoms with Gasteiger partial charge in [0.15, 0.2) is 0 Å². The highest BCUT2D eigenvalue weighted by Crippen LogP contribution is 2.32. The van der Waals surface area contributed by atoms with Gasteiger partial charge in [-0.1, -0.05) is 18.7 Å². The van der Waals surface area contributed by atoms with Crippen molar-refractivity contribution in [3.8, 4) is 0 Å². The molecule has 0 bridgehead atoms. The molecule has 1 N–H and O–H groups in total. The third-order valence-electron chi connectivity index (χ3n) is 3.36. The first-order chi connectivity index (χ1) is 8.58. The Morgan fingerprint density at radius 3 is 2.94 bits per heavy atom. The van der Waals surface area contributed by atoms with E-state index in [2.05, 4.69) is 6.58 Å². The fraction of sp³-hybridized carbons (Fsp3) is 0.357. The minimum absolute atomic E-state index is 0.292. The van der Waals surface area contributed by atoms with Crippen LogP contribution in [0.1, 0.15) is 18.1 Å². The van der Waals surface area contributed by atoms with Crippen LogP contribution in [0.25, 0.3) is 6.08 Å². The fourth-order valence-electron chi connectivity index (χ4n) is 2.28. The van der Waals surface area contributed by atoms with Gasteiger partial charge in [0.25, 0.3) is 0 Å². The molecular weight excluding hydrogens is 230 g/mol. The summed E-state index contributed by atoms with van der Waals surface area (Å²) in [4.78, 5) is 13.3. The number of hydrogen-bond acceptors (Lipinski definition) is 3. The molecule has 2 rings (SSSR count). The van der Waals surface area contributed by atoms with Gasteiger partial charge in [0.2, 0.25) is 0 Å². The van der Waals surface area contributed by atoms with E-state index in [4.69, 9.17) is 4.74 Å². The Morgan fingerprint density at radius 1 is 1.61 bits per heavy atom. The topological polar surface area (TPSA) is 49.8 Å². The van der Waals surface area contributed by atoms with Crippen LogP contribution in [-0.2, 0) is 11.2 Å². The predicted molar refractivity (Wildman–Crippen MR) is 70.6 cm³/mol. The van der Waals surface area contributed by atoms with Gasteiger partial charge in [0, 0.05) is 6.42 Å². The van der Waals surface area contributed by atoms with E-state index in [9.17, 15) is 9.90 Å². The number of fused-ring (bicyclic) bond motifs is 1. The van der Waals surface area contributed by atoms with Crippen LogP contribution >= 0.6 is 0 Å². The number of nitrogens with zero attached hydrogens (tertiary/aromatic N) is 1. The zero-order valence-electron chi connectivity index (χ0n) is 10.6.